The highest BCUT2D eigenvalue weighted by molar-refractivity contribution is 5.87. The van der Waals surface area contributed by atoms with Crippen molar-refractivity contribution in [1.29, 1.82) is 0 Å². The smallest absolute Gasteiger partial charge is 0.236 e. The molecule has 0 aliphatic heterocycles. The molecular weight excluding hydrogens is 128 g/mol. The van der Waals surface area contributed by atoms with Gasteiger partial charge in [0.2, 0.25) is 5.91 Å². The summed E-state index contributed by atoms with van der Waals surface area (Å²) >= 11 is 0. The van der Waals surface area contributed by atoms with Gasteiger partial charge in [0.25, 0.3) is 0 Å². The number of carbonyl (C=O) groups excluding carboxylic acids is 1. The highest BCUT2D eigenvalue weighted by Gasteiger charge is 2.07. The standard InChI is InChI=1S/C7H12N2O/c1-6(10)8-9-7-4-2-3-5-7/h2-5H2,1H3,(H,8,10). The predicted octanol–water partition coefficient (Wildman–Crippen LogP) is 1.05. The Labute approximate surface area is 60.5 Å². The molecule has 0 bridgehead atoms. The van der Waals surface area contributed by atoms with Gasteiger partial charge in [0.15, 0.2) is 0 Å². The van der Waals surface area contributed by atoms with Gasteiger partial charge in [-0.15, -0.1) is 0 Å². The van der Waals surface area contributed by atoms with Crippen molar-refractivity contribution in [2.75, 3.05) is 0 Å². The summed E-state index contributed by atoms with van der Waals surface area (Å²) in [6.45, 7) is 1.47. The fourth-order valence-corrected chi connectivity index (χ4v) is 1.05. The lowest BCUT2D eigenvalue weighted by molar-refractivity contribution is -0.118. The van der Waals surface area contributed by atoms with Gasteiger partial charge in [-0.2, -0.15) is 5.10 Å². The molecule has 1 aliphatic carbocycles. The van der Waals surface area contributed by atoms with Crippen LogP contribution >= 0.6 is 0 Å². The van der Waals surface area contributed by atoms with E-state index < -0.39 is 0 Å². The van der Waals surface area contributed by atoms with E-state index >= 15 is 0 Å². The van der Waals surface area contributed by atoms with E-state index in [1.165, 1.54) is 19.8 Å². The molecule has 1 saturated carbocycles. The minimum Gasteiger partial charge on any atom is -0.274 e. The summed E-state index contributed by atoms with van der Waals surface area (Å²) in [7, 11) is 0. The molecule has 3 heteroatoms. The van der Waals surface area contributed by atoms with E-state index in [1.807, 2.05) is 0 Å². The number of nitrogens with one attached hydrogen (secondary N) is 1. The largest absolute Gasteiger partial charge is 0.274 e. The predicted molar refractivity (Wildman–Crippen MR) is 39.7 cm³/mol. The topological polar surface area (TPSA) is 41.5 Å². The Morgan fingerprint density at radius 3 is 2.60 bits per heavy atom. The summed E-state index contributed by atoms with van der Waals surface area (Å²) in [6, 6.07) is 0. The Balaban J connectivity index is 2.31. The molecule has 0 aromatic carbocycles. The molecule has 1 fully saturated rings. The van der Waals surface area contributed by atoms with E-state index in [-0.39, 0.29) is 5.91 Å². The van der Waals surface area contributed by atoms with Gasteiger partial charge in [-0.1, -0.05) is 0 Å². The van der Waals surface area contributed by atoms with Crippen LogP contribution in [0.25, 0.3) is 0 Å². The molecule has 0 atom stereocenters. The average Bonchev–Trinajstić information content (AvgIpc) is 2.34. The van der Waals surface area contributed by atoms with E-state index in [0.29, 0.717) is 0 Å². The summed E-state index contributed by atoms with van der Waals surface area (Å²) in [5.74, 6) is -0.0839. The zero-order chi connectivity index (χ0) is 7.40. The van der Waals surface area contributed by atoms with Crippen molar-refractivity contribution in [2.24, 2.45) is 5.10 Å². The molecule has 0 saturated heterocycles. The van der Waals surface area contributed by atoms with Crippen LogP contribution in [0.5, 0.6) is 0 Å². The first-order valence-corrected chi connectivity index (χ1v) is 3.61. The van der Waals surface area contributed by atoms with Gasteiger partial charge in [-0.3, -0.25) is 4.79 Å². The second kappa shape index (κ2) is 3.34. The molecule has 3 nitrogen and oxygen atoms in total. The van der Waals surface area contributed by atoms with E-state index in [2.05, 4.69) is 10.5 Å². The maximum absolute atomic E-state index is 10.4. The molecule has 1 amide bonds. The lowest BCUT2D eigenvalue weighted by Crippen LogP contribution is -2.14. The maximum Gasteiger partial charge on any atom is 0.236 e. The van der Waals surface area contributed by atoms with Gasteiger partial charge in [-0.25, -0.2) is 5.43 Å². The summed E-state index contributed by atoms with van der Waals surface area (Å²) in [4.78, 5) is 10.4. The Kier molecular flexibility index (Phi) is 2.42. The van der Waals surface area contributed by atoms with Crippen LogP contribution < -0.4 is 5.43 Å². The zero-order valence-electron chi connectivity index (χ0n) is 6.18. The Morgan fingerprint density at radius 1 is 1.50 bits per heavy atom. The fraction of sp³-hybridized carbons (Fsp3) is 0.714. The second-order valence-corrected chi connectivity index (χ2v) is 2.55. The average molecular weight is 140 g/mol. The number of rotatable bonds is 1. The van der Waals surface area contributed by atoms with E-state index in [4.69, 9.17) is 0 Å². The maximum atomic E-state index is 10.4. The highest BCUT2D eigenvalue weighted by atomic mass is 16.2. The molecule has 1 N–H and O–H groups in total. The van der Waals surface area contributed by atoms with Crippen molar-refractivity contribution in [3.05, 3.63) is 0 Å². The normalized spacial score (nSPS) is 17.1. The molecule has 0 aromatic rings. The van der Waals surface area contributed by atoms with E-state index in [9.17, 15) is 4.79 Å². The molecule has 0 spiro atoms. The third-order valence-electron chi connectivity index (χ3n) is 1.55. The Hall–Kier alpha value is -0.860. The number of nitrogens with zero attached hydrogens (tertiary/aromatic N) is 1. The summed E-state index contributed by atoms with van der Waals surface area (Å²) in [5.41, 5.74) is 3.57. The number of hydrogen-bond donors (Lipinski definition) is 1. The minimum atomic E-state index is -0.0839. The number of carbonyl (C=O) groups is 1. The van der Waals surface area contributed by atoms with Gasteiger partial charge in [0.05, 0.1) is 0 Å². The molecule has 0 aromatic heterocycles. The number of hydrazone groups is 1. The van der Waals surface area contributed by atoms with Crippen LogP contribution in [-0.2, 0) is 4.79 Å². The van der Waals surface area contributed by atoms with Gasteiger partial charge in [-0.05, 0) is 25.7 Å². The van der Waals surface area contributed by atoms with E-state index in [1.54, 1.807) is 0 Å². The summed E-state index contributed by atoms with van der Waals surface area (Å²) in [5, 5.41) is 3.94. The first-order valence-electron chi connectivity index (χ1n) is 3.61. The van der Waals surface area contributed by atoms with Gasteiger partial charge in [0, 0.05) is 12.6 Å². The first-order chi connectivity index (χ1) is 4.79. The SMILES string of the molecule is CC(=O)NN=C1CCCC1. The third-order valence-corrected chi connectivity index (χ3v) is 1.55. The van der Waals surface area contributed by atoms with Crippen molar-refractivity contribution in [1.82, 2.24) is 5.43 Å². The lowest BCUT2D eigenvalue weighted by Gasteiger charge is -1.94. The number of amides is 1. The first kappa shape index (κ1) is 7.25. The van der Waals surface area contributed by atoms with Gasteiger partial charge >= 0.3 is 0 Å². The van der Waals surface area contributed by atoms with Crippen molar-refractivity contribution in [3.8, 4) is 0 Å². The summed E-state index contributed by atoms with van der Waals surface area (Å²) < 4.78 is 0. The van der Waals surface area contributed by atoms with Crippen LogP contribution in [-0.4, -0.2) is 11.6 Å². The molecule has 1 aliphatic rings. The zero-order valence-corrected chi connectivity index (χ0v) is 6.18. The van der Waals surface area contributed by atoms with Crippen LogP contribution in [0, 0.1) is 0 Å². The van der Waals surface area contributed by atoms with E-state index in [0.717, 1.165) is 18.6 Å². The molecule has 0 radical (unpaired) electrons. The molecule has 0 heterocycles. The van der Waals surface area contributed by atoms with Crippen LogP contribution in [0.1, 0.15) is 32.6 Å². The van der Waals surface area contributed by atoms with Crippen LogP contribution in [0.2, 0.25) is 0 Å². The third kappa shape index (κ3) is 2.17. The molecule has 0 unspecified atom stereocenters. The molecular formula is C7H12N2O. The Morgan fingerprint density at radius 2 is 2.10 bits per heavy atom. The molecule has 1 rings (SSSR count). The van der Waals surface area contributed by atoms with Gasteiger partial charge in [0.1, 0.15) is 0 Å². The highest BCUT2D eigenvalue weighted by Crippen LogP contribution is 2.13. The molecule has 10 heavy (non-hydrogen) atoms. The Bertz CT molecular complexity index is 155. The van der Waals surface area contributed by atoms with Crippen molar-refractivity contribution >= 4 is 11.6 Å². The quantitative estimate of drug-likeness (QED) is 0.543. The van der Waals surface area contributed by atoms with Crippen LogP contribution in [0.3, 0.4) is 0 Å². The van der Waals surface area contributed by atoms with Crippen molar-refractivity contribution < 1.29 is 4.79 Å². The van der Waals surface area contributed by atoms with Crippen molar-refractivity contribution in [3.63, 3.8) is 0 Å². The number of hydrogen-bond acceptors (Lipinski definition) is 2. The van der Waals surface area contributed by atoms with Crippen LogP contribution in [0.15, 0.2) is 5.10 Å². The van der Waals surface area contributed by atoms with Gasteiger partial charge < -0.3 is 0 Å². The van der Waals surface area contributed by atoms with Crippen molar-refractivity contribution in [2.45, 2.75) is 32.6 Å². The lowest BCUT2D eigenvalue weighted by atomic mass is 10.3. The monoisotopic (exact) mass is 140 g/mol. The summed E-state index contributed by atoms with van der Waals surface area (Å²) in [6.07, 6.45) is 4.55. The van der Waals surface area contributed by atoms with Crippen LogP contribution in [0.4, 0.5) is 0 Å². The second-order valence-electron chi connectivity index (χ2n) is 2.55. The minimum absolute atomic E-state index is 0.0839. The fourth-order valence-electron chi connectivity index (χ4n) is 1.05. The molecule has 56 valence electrons.